The summed E-state index contributed by atoms with van der Waals surface area (Å²) in [4.78, 5) is 0. The van der Waals surface area contributed by atoms with E-state index in [9.17, 15) is 0 Å². The summed E-state index contributed by atoms with van der Waals surface area (Å²) < 4.78 is 6.39. The Labute approximate surface area is 129 Å². The van der Waals surface area contributed by atoms with Gasteiger partial charge in [0.05, 0.1) is 0 Å². The summed E-state index contributed by atoms with van der Waals surface area (Å²) in [6.07, 6.45) is 9.79. The molecular formula is C19H29NO. The molecule has 1 spiro atoms. The Morgan fingerprint density at radius 2 is 1.76 bits per heavy atom. The molecule has 2 fully saturated rings. The Morgan fingerprint density at radius 1 is 1.10 bits per heavy atom. The smallest absolute Gasteiger partial charge is 0.119 e. The van der Waals surface area contributed by atoms with Crippen molar-refractivity contribution in [1.82, 2.24) is 5.32 Å². The van der Waals surface area contributed by atoms with Crippen molar-refractivity contribution in [2.75, 3.05) is 6.54 Å². The van der Waals surface area contributed by atoms with E-state index < -0.39 is 0 Å². The van der Waals surface area contributed by atoms with Crippen LogP contribution in [0.3, 0.4) is 0 Å². The first-order chi connectivity index (χ1) is 10.2. The average molecular weight is 287 g/mol. The lowest BCUT2D eigenvalue weighted by Gasteiger charge is -2.56. The Balaban J connectivity index is 1.73. The Kier molecular flexibility index (Phi) is 4.54. The van der Waals surface area contributed by atoms with Crippen LogP contribution in [0, 0.1) is 12.3 Å². The van der Waals surface area contributed by atoms with Crippen LogP contribution >= 0.6 is 0 Å². The molecule has 2 nitrogen and oxygen atoms in total. The number of ether oxygens (including phenoxy) is 1. The van der Waals surface area contributed by atoms with Crippen LogP contribution in [0.15, 0.2) is 24.3 Å². The minimum atomic E-state index is 0.386. The fourth-order valence-corrected chi connectivity index (χ4v) is 4.28. The lowest BCUT2D eigenvalue weighted by atomic mass is 9.57. The molecule has 3 rings (SSSR count). The van der Waals surface area contributed by atoms with Crippen LogP contribution < -0.4 is 10.1 Å². The van der Waals surface area contributed by atoms with Crippen LogP contribution in [0.5, 0.6) is 5.75 Å². The van der Waals surface area contributed by atoms with E-state index in [4.69, 9.17) is 4.74 Å². The maximum Gasteiger partial charge on any atom is 0.119 e. The molecule has 21 heavy (non-hydrogen) atoms. The number of aryl methyl sites for hydroxylation is 1. The fourth-order valence-electron chi connectivity index (χ4n) is 4.28. The number of hydrogen-bond donors (Lipinski definition) is 1. The summed E-state index contributed by atoms with van der Waals surface area (Å²) in [5, 5.41) is 3.72. The zero-order valence-electron chi connectivity index (χ0n) is 13.5. The van der Waals surface area contributed by atoms with E-state index in [-0.39, 0.29) is 0 Å². The van der Waals surface area contributed by atoms with Gasteiger partial charge in [0.1, 0.15) is 11.9 Å². The molecule has 0 heterocycles. The van der Waals surface area contributed by atoms with E-state index in [1.807, 2.05) is 0 Å². The zero-order valence-corrected chi connectivity index (χ0v) is 13.5. The average Bonchev–Trinajstić information content (AvgIpc) is 2.76. The lowest BCUT2D eigenvalue weighted by molar-refractivity contribution is -0.0900. The van der Waals surface area contributed by atoms with Gasteiger partial charge in [-0.3, -0.25) is 0 Å². The summed E-state index contributed by atoms with van der Waals surface area (Å²) in [5.41, 5.74) is 1.68. The monoisotopic (exact) mass is 287 g/mol. The minimum Gasteiger partial charge on any atom is -0.490 e. The van der Waals surface area contributed by atoms with E-state index in [0.29, 0.717) is 17.6 Å². The first kappa shape index (κ1) is 14.9. The van der Waals surface area contributed by atoms with Gasteiger partial charge in [-0.2, -0.15) is 0 Å². The first-order valence-corrected chi connectivity index (χ1v) is 8.71. The molecule has 2 heteroatoms. The van der Waals surface area contributed by atoms with Crippen molar-refractivity contribution in [3.05, 3.63) is 29.8 Å². The van der Waals surface area contributed by atoms with Gasteiger partial charge in [-0.1, -0.05) is 50.3 Å². The second kappa shape index (κ2) is 6.39. The highest BCUT2D eigenvalue weighted by Crippen LogP contribution is 2.52. The van der Waals surface area contributed by atoms with Crippen LogP contribution in [0.2, 0.25) is 0 Å². The SMILES string of the molecule is CCNC1CC(Oc2ccc(C)cc2)C12CCCCCC2. The molecular weight excluding hydrogens is 258 g/mol. The fraction of sp³-hybridized carbons (Fsp3) is 0.684. The highest BCUT2D eigenvalue weighted by Gasteiger charge is 2.55. The predicted molar refractivity (Wildman–Crippen MR) is 87.8 cm³/mol. The van der Waals surface area contributed by atoms with Crippen molar-refractivity contribution in [1.29, 1.82) is 0 Å². The molecule has 1 aromatic carbocycles. The van der Waals surface area contributed by atoms with Crippen LogP contribution in [0.25, 0.3) is 0 Å². The Morgan fingerprint density at radius 3 is 2.38 bits per heavy atom. The highest BCUT2D eigenvalue weighted by molar-refractivity contribution is 5.27. The molecule has 2 saturated carbocycles. The zero-order chi connectivity index (χ0) is 14.7. The largest absolute Gasteiger partial charge is 0.490 e. The lowest BCUT2D eigenvalue weighted by Crippen LogP contribution is -2.64. The normalized spacial score (nSPS) is 27.9. The van der Waals surface area contributed by atoms with Crippen molar-refractivity contribution >= 4 is 0 Å². The third kappa shape index (κ3) is 2.96. The predicted octanol–water partition coefficient (Wildman–Crippen LogP) is 4.46. The molecule has 2 atom stereocenters. The standard InChI is InChI=1S/C19H29NO/c1-3-20-17-14-18(19(17)12-6-4-5-7-13-19)21-16-10-8-15(2)9-11-16/h8-11,17-18,20H,3-7,12-14H2,1-2H3. The summed E-state index contributed by atoms with van der Waals surface area (Å²) in [6, 6.07) is 9.21. The van der Waals surface area contributed by atoms with E-state index >= 15 is 0 Å². The second-order valence-electron chi connectivity index (χ2n) is 6.91. The van der Waals surface area contributed by atoms with E-state index in [2.05, 4.69) is 43.4 Å². The van der Waals surface area contributed by atoms with Crippen molar-refractivity contribution in [3.63, 3.8) is 0 Å². The number of nitrogens with one attached hydrogen (secondary N) is 1. The third-order valence-corrected chi connectivity index (χ3v) is 5.57. The van der Waals surface area contributed by atoms with Crippen LogP contribution in [0.4, 0.5) is 0 Å². The molecule has 0 radical (unpaired) electrons. The van der Waals surface area contributed by atoms with Gasteiger partial charge in [0, 0.05) is 17.9 Å². The number of benzene rings is 1. The second-order valence-corrected chi connectivity index (χ2v) is 6.91. The minimum absolute atomic E-state index is 0.386. The van der Waals surface area contributed by atoms with Crippen molar-refractivity contribution < 1.29 is 4.74 Å². The summed E-state index contributed by atoms with van der Waals surface area (Å²) in [6.45, 7) is 5.42. The molecule has 1 N–H and O–H groups in total. The Bertz CT molecular complexity index is 445. The van der Waals surface area contributed by atoms with Gasteiger partial charge < -0.3 is 10.1 Å². The molecule has 0 aliphatic heterocycles. The van der Waals surface area contributed by atoms with Crippen LogP contribution in [-0.4, -0.2) is 18.7 Å². The number of hydrogen-bond acceptors (Lipinski definition) is 2. The molecule has 116 valence electrons. The molecule has 2 aliphatic carbocycles. The van der Waals surface area contributed by atoms with Gasteiger partial charge >= 0.3 is 0 Å². The summed E-state index contributed by atoms with van der Waals surface area (Å²) >= 11 is 0. The van der Waals surface area contributed by atoms with E-state index in [1.54, 1.807) is 0 Å². The van der Waals surface area contributed by atoms with Gasteiger partial charge in [-0.25, -0.2) is 0 Å². The molecule has 0 aromatic heterocycles. The highest BCUT2D eigenvalue weighted by atomic mass is 16.5. The Hall–Kier alpha value is -1.02. The van der Waals surface area contributed by atoms with E-state index in [0.717, 1.165) is 12.3 Å². The molecule has 2 unspecified atom stereocenters. The number of rotatable bonds is 4. The first-order valence-electron chi connectivity index (χ1n) is 8.71. The third-order valence-electron chi connectivity index (χ3n) is 5.57. The van der Waals surface area contributed by atoms with Crippen molar-refractivity contribution in [2.45, 2.75) is 70.9 Å². The van der Waals surface area contributed by atoms with Crippen molar-refractivity contribution in [3.8, 4) is 5.75 Å². The van der Waals surface area contributed by atoms with Gasteiger partial charge in [0.25, 0.3) is 0 Å². The molecule has 0 bridgehead atoms. The van der Waals surface area contributed by atoms with Gasteiger partial charge in [-0.15, -0.1) is 0 Å². The molecule has 0 saturated heterocycles. The van der Waals surface area contributed by atoms with Crippen LogP contribution in [-0.2, 0) is 0 Å². The maximum atomic E-state index is 6.39. The molecule has 2 aliphatic rings. The topological polar surface area (TPSA) is 21.3 Å². The van der Waals surface area contributed by atoms with E-state index in [1.165, 1.54) is 50.5 Å². The van der Waals surface area contributed by atoms with Gasteiger partial charge in [-0.05, 0) is 38.4 Å². The summed E-state index contributed by atoms with van der Waals surface area (Å²) in [7, 11) is 0. The molecule has 1 aromatic rings. The quantitative estimate of drug-likeness (QED) is 0.882. The summed E-state index contributed by atoms with van der Waals surface area (Å²) in [5.74, 6) is 1.05. The van der Waals surface area contributed by atoms with Crippen LogP contribution in [0.1, 0.15) is 57.4 Å². The van der Waals surface area contributed by atoms with Crippen molar-refractivity contribution in [2.24, 2.45) is 5.41 Å². The maximum absolute atomic E-state index is 6.39. The van der Waals surface area contributed by atoms with Gasteiger partial charge in [0.15, 0.2) is 0 Å². The van der Waals surface area contributed by atoms with Gasteiger partial charge in [0.2, 0.25) is 0 Å². The molecule has 0 amide bonds.